The SMILES string of the molecule is C.COC(C)C(OC)c1ccc(C)nc1. The summed E-state index contributed by atoms with van der Waals surface area (Å²) >= 11 is 0. The van der Waals surface area contributed by atoms with Gasteiger partial charge in [0.05, 0.1) is 6.10 Å². The van der Waals surface area contributed by atoms with E-state index >= 15 is 0 Å². The Balaban J connectivity index is 0.00000196. The van der Waals surface area contributed by atoms with E-state index in [9.17, 15) is 0 Å². The lowest BCUT2D eigenvalue weighted by Gasteiger charge is -2.21. The lowest BCUT2D eigenvalue weighted by Crippen LogP contribution is -2.19. The van der Waals surface area contributed by atoms with Crippen molar-refractivity contribution < 1.29 is 9.47 Å². The molecule has 15 heavy (non-hydrogen) atoms. The van der Waals surface area contributed by atoms with Gasteiger partial charge in [-0.05, 0) is 19.9 Å². The van der Waals surface area contributed by atoms with Gasteiger partial charge in [0, 0.05) is 31.7 Å². The minimum Gasteiger partial charge on any atom is -0.379 e. The van der Waals surface area contributed by atoms with Crippen molar-refractivity contribution in [1.82, 2.24) is 4.98 Å². The van der Waals surface area contributed by atoms with Gasteiger partial charge in [0.15, 0.2) is 0 Å². The maximum absolute atomic E-state index is 5.36. The minimum absolute atomic E-state index is 0. The molecule has 0 aliphatic heterocycles. The molecule has 0 amide bonds. The molecule has 0 radical (unpaired) electrons. The van der Waals surface area contributed by atoms with E-state index in [1.54, 1.807) is 14.2 Å². The summed E-state index contributed by atoms with van der Waals surface area (Å²) < 4.78 is 10.6. The first-order valence-corrected chi connectivity index (χ1v) is 4.67. The average molecular weight is 211 g/mol. The van der Waals surface area contributed by atoms with Crippen LogP contribution in [0.5, 0.6) is 0 Å². The lowest BCUT2D eigenvalue weighted by molar-refractivity contribution is -0.0279. The Morgan fingerprint density at radius 2 is 1.87 bits per heavy atom. The summed E-state index contributed by atoms with van der Waals surface area (Å²) in [7, 11) is 3.36. The molecule has 3 heteroatoms. The third-order valence-corrected chi connectivity index (χ3v) is 2.31. The zero-order valence-corrected chi connectivity index (χ0v) is 9.15. The standard InChI is InChI=1S/C11H17NO2.CH4/c1-8-5-6-10(7-12-8)11(14-4)9(2)13-3;/h5-7,9,11H,1-4H3;1H4. The normalized spacial score (nSPS) is 14.1. The summed E-state index contributed by atoms with van der Waals surface area (Å²) in [5.74, 6) is 0. The number of rotatable bonds is 4. The summed E-state index contributed by atoms with van der Waals surface area (Å²) in [4.78, 5) is 4.23. The first kappa shape index (κ1) is 14.1. The highest BCUT2D eigenvalue weighted by atomic mass is 16.5. The van der Waals surface area contributed by atoms with Crippen molar-refractivity contribution in [1.29, 1.82) is 0 Å². The van der Waals surface area contributed by atoms with Crippen LogP contribution in [0.4, 0.5) is 0 Å². The van der Waals surface area contributed by atoms with Gasteiger partial charge in [0.25, 0.3) is 0 Å². The zero-order chi connectivity index (χ0) is 10.6. The van der Waals surface area contributed by atoms with E-state index in [1.165, 1.54) is 0 Å². The molecular formula is C12H21NO2. The first-order valence-electron chi connectivity index (χ1n) is 4.67. The molecule has 1 rings (SSSR count). The van der Waals surface area contributed by atoms with Crippen LogP contribution in [-0.2, 0) is 9.47 Å². The van der Waals surface area contributed by atoms with Crippen molar-refractivity contribution in [3.05, 3.63) is 29.6 Å². The van der Waals surface area contributed by atoms with Gasteiger partial charge in [0.2, 0.25) is 0 Å². The fourth-order valence-corrected chi connectivity index (χ4v) is 1.37. The molecule has 0 fully saturated rings. The molecule has 0 spiro atoms. The highest BCUT2D eigenvalue weighted by molar-refractivity contribution is 5.16. The molecule has 86 valence electrons. The van der Waals surface area contributed by atoms with Crippen LogP contribution in [0.2, 0.25) is 0 Å². The fraction of sp³-hybridized carbons (Fsp3) is 0.583. The van der Waals surface area contributed by atoms with E-state index in [-0.39, 0.29) is 19.6 Å². The van der Waals surface area contributed by atoms with Crippen LogP contribution in [0.25, 0.3) is 0 Å². The molecule has 0 aliphatic carbocycles. The Morgan fingerprint density at radius 1 is 1.20 bits per heavy atom. The van der Waals surface area contributed by atoms with Crippen LogP contribution in [0.1, 0.15) is 31.7 Å². The van der Waals surface area contributed by atoms with Crippen molar-refractivity contribution in [2.45, 2.75) is 33.5 Å². The van der Waals surface area contributed by atoms with Gasteiger partial charge in [-0.25, -0.2) is 0 Å². The molecular weight excluding hydrogens is 190 g/mol. The molecule has 0 aliphatic rings. The van der Waals surface area contributed by atoms with Gasteiger partial charge in [-0.1, -0.05) is 13.5 Å². The molecule has 1 aromatic heterocycles. The van der Waals surface area contributed by atoms with Crippen LogP contribution in [0, 0.1) is 6.92 Å². The maximum atomic E-state index is 5.36. The van der Waals surface area contributed by atoms with Crippen LogP contribution < -0.4 is 0 Å². The van der Waals surface area contributed by atoms with Crippen LogP contribution in [-0.4, -0.2) is 25.3 Å². The van der Waals surface area contributed by atoms with Crippen molar-refractivity contribution in [3.63, 3.8) is 0 Å². The number of aryl methyl sites for hydroxylation is 1. The van der Waals surface area contributed by atoms with Crippen molar-refractivity contribution in [3.8, 4) is 0 Å². The summed E-state index contributed by atoms with van der Waals surface area (Å²) in [6.45, 7) is 3.94. The van der Waals surface area contributed by atoms with Gasteiger partial charge in [0.1, 0.15) is 6.10 Å². The highest BCUT2D eigenvalue weighted by Crippen LogP contribution is 2.21. The molecule has 0 saturated heterocycles. The van der Waals surface area contributed by atoms with E-state index in [0.29, 0.717) is 0 Å². The number of nitrogens with zero attached hydrogens (tertiary/aromatic N) is 1. The summed E-state index contributed by atoms with van der Waals surface area (Å²) in [5, 5.41) is 0. The third kappa shape index (κ3) is 3.61. The molecule has 3 nitrogen and oxygen atoms in total. The van der Waals surface area contributed by atoms with Gasteiger partial charge in [-0.15, -0.1) is 0 Å². The lowest BCUT2D eigenvalue weighted by atomic mass is 10.1. The zero-order valence-electron chi connectivity index (χ0n) is 9.15. The predicted molar refractivity (Wildman–Crippen MR) is 61.9 cm³/mol. The van der Waals surface area contributed by atoms with Gasteiger partial charge >= 0.3 is 0 Å². The monoisotopic (exact) mass is 211 g/mol. The second-order valence-corrected chi connectivity index (χ2v) is 3.33. The Kier molecular flexibility index (Phi) is 6.13. The van der Waals surface area contributed by atoms with Gasteiger partial charge in [-0.2, -0.15) is 0 Å². The summed E-state index contributed by atoms with van der Waals surface area (Å²) in [5.41, 5.74) is 2.06. The smallest absolute Gasteiger partial charge is 0.109 e. The summed E-state index contributed by atoms with van der Waals surface area (Å²) in [6.07, 6.45) is 1.82. The highest BCUT2D eigenvalue weighted by Gasteiger charge is 2.18. The predicted octanol–water partition coefficient (Wildman–Crippen LogP) is 2.75. The van der Waals surface area contributed by atoms with Crippen LogP contribution in [0.3, 0.4) is 0 Å². The number of ether oxygens (including phenoxy) is 2. The van der Waals surface area contributed by atoms with E-state index in [1.807, 2.05) is 32.2 Å². The number of hydrogen-bond acceptors (Lipinski definition) is 3. The van der Waals surface area contributed by atoms with E-state index in [0.717, 1.165) is 11.3 Å². The second-order valence-electron chi connectivity index (χ2n) is 3.33. The molecule has 1 heterocycles. The first-order chi connectivity index (χ1) is 6.69. The molecule has 2 unspecified atom stereocenters. The number of pyridine rings is 1. The molecule has 1 aromatic rings. The second kappa shape index (κ2) is 6.53. The van der Waals surface area contributed by atoms with E-state index < -0.39 is 0 Å². The molecule has 0 aromatic carbocycles. The number of hydrogen-bond donors (Lipinski definition) is 0. The van der Waals surface area contributed by atoms with E-state index in [2.05, 4.69) is 4.98 Å². The van der Waals surface area contributed by atoms with E-state index in [4.69, 9.17) is 9.47 Å². The summed E-state index contributed by atoms with van der Waals surface area (Å²) in [6, 6.07) is 4.00. The van der Waals surface area contributed by atoms with Crippen molar-refractivity contribution in [2.24, 2.45) is 0 Å². The Bertz CT molecular complexity index is 271. The number of aromatic nitrogens is 1. The minimum atomic E-state index is -0.0481. The van der Waals surface area contributed by atoms with Crippen molar-refractivity contribution in [2.75, 3.05) is 14.2 Å². The molecule has 0 saturated carbocycles. The molecule has 0 bridgehead atoms. The third-order valence-electron chi connectivity index (χ3n) is 2.31. The molecule has 2 atom stereocenters. The van der Waals surface area contributed by atoms with Gasteiger partial charge in [-0.3, -0.25) is 4.98 Å². The Morgan fingerprint density at radius 3 is 2.27 bits per heavy atom. The largest absolute Gasteiger partial charge is 0.379 e. The van der Waals surface area contributed by atoms with Crippen LogP contribution >= 0.6 is 0 Å². The number of methoxy groups -OCH3 is 2. The Hall–Kier alpha value is -0.930. The van der Waals surface area contributed by atoms with Gasteiger partial charge < -0.3 is 9.47 Å². The fourth-order valence-electron chi connectivity index (χ4n) is 1.37. The molecule has 0 N–H and O–H groups in total. The Labute approximate surface area is 92.4 Å². The topological polar surface area (TPSA) is 31.4 Å². The quantitative estimate of drug-likeness (QED) is 0.767. The van der Waals surface area contributed by atoms with Crippen molar-refractivity contribution >= 4 is 0 Å². The maximum Gasteiger partial charge on any atom is 0.109 e. The van der Waals surface area contributed by atoms with Crippen LogP contribution in [0.15, 0.2) is 18.3 Å². The average Bonchev–Trinajstić information content (AvgIpc) is 2.21.